The first-order valence-electron chi connectivity index (χ1n) is 19.4. The van der Waals surface area contributed by atoms with Gasteiger partial charge in [-0.25, -0.2) is 19.9 Å². The quantitative estimate of drug-likeness (QED) is 0.124. The number of halogens is 6. The number of rotatable bonds is 6. The molecule has 0 fully saturated rings. The van der Waals surface area contributed by atoms with Gasteiger partial charge in [0.05, 0.1) is 44.8 Å². The lowest BCUT2D eigenvalue weighted by Gasteiger charge is -2.38. The van der Waals surface area contributed by atoms with E-state index in [2.05, 4.69) is 0 Å². The van der Waals surface area contributed by atoms with Crippen LogP contribution in [0.5, 0.6) is 0 Å². The Morgan fingerprint density at radius 3 is 0.984 bits per heavy atom. The van der Waals surface area contributed by atoms with Gasteiger partial charge in [-0.3, -0.25) is 0 Å². The van der Waals surface area contributed by atoms with Crippen LogP contribution in [0.15, 0.2) is 182 Å². The van der Waals surface area contributed by atoms with E-state index in [-0.39, 0.29) is 11.3 Å². The molecule has 0 unspecified atom stereocenters. The Hall–Kier alpha value is -7.46. The van der Waals surface area contributed by atoms with Gasteiger partial charge in [0, 0.05) is 43.8 Å². The SMILES string of the molecule is FC(F)(F)C(c1ccc(-c2ccc3ccc4ccc(-c5ccccc5)nc4c3n2)cc1)(c1cccc(-c2ccc3ccc4ccc(-c5ccccc5)nc4c3n2)c1)C(F)(F)F. The highest BCUT2D eigenvalue weighted by Crippen LogP contribution is 2.56. The summed E-state index contributed by atoms with van der Waals surface area (Å²) in [4.78, 5) is 19.4. The average Bonchev–Trinajstić information content (AvgIpc) is 3.28. The van der Waals surface area contributed by atoms with Crippen LogP contribution < -0.4 is 0 Å². The van der Waals surface area contributed by atoms with Crippen molar-refractivity contribution < 1.29 is 26.3 Å². The van der Waals surface area contributed by atoms with Gasteiger partial charge in [-0.2, -0.15) is 26.3 Å². The number of alkyl halides is 6. The minimum absolute atomic E-state index is 0.0849. The van der Waals surface area contributed by atoms with E-state index in [4.69, 9.17) is 19.9 Å². The normalized spacial score (nSPS) is 12.4. The molecule has 0 saturated heterocycles. The summed E-state index contributed by atoms with van der Waals surface area (Å²) in [5.41, 5.74) is 0.0463. The van der Waals surface area contributed by atoms with Crippen molar-refractivity contribution in [3.63, 3.8) is 0 Å². The van der Waals surface area contributed by atoms with Crippen molar-refractivity contribution in [1.82, 2.24) is 19.9 Å². The molecule has 4 heterocycles. The maximum absolute atomic E-state index is 15.5. The Balaban J connectivity index is 1.06. The second-order valence-corrected chi connectivity index (χ2v) is 14.8. The zero-order valence-corrected chi connectivity index (χ0v) is 31.9. The standard InChI is InChI=1S/C51H30F6N4/c52-50(53,54)49(51(55,56)57,39-24-18-33(19-25-39)43-28-22-36-15-14-34-20-26-41(31-8-3-1-4-9-31)58-45(34)46(36)60-43)40-13-7-12-38(30-40)44-29-23-37-17-16-35-21-27-42(32-10-5-2-6-11-32)59-47(35)48(37)61-44/h1-30H. The zero-order chi connectivity index (χ0) is 41.9. The molecule has 10 aromatic rings. The molecule has 0 aliphatic heterocycles. The predicted octanol–water partition coefficient (Wildman–Crippen LogP) is 14.0. The van der Waals surface area contributed by atoms with Crippen molar-refractivity contribution in [1.29, 1.82) is 0 Å². The molecule has 0 atom stereocenters. The fraction of sp³-hybridized carbons (Fsp3) is 0.0588. The minimum Gasteiger partial charge on any atom is -0.245 e. The smallest absolute Gasteiger partial charge is 0.245 e. The Bertz CT molecular complexity index is 3260. The summed E-state index contributed by atoms with van der Waals surface area (Å²) in [5, 5.41) is 3.10. The van der Waals surface area contributed by atoms with Crippen LogP contribution in [0.4, 0.5) is 26.3 Å². The molecule has 10 rings (SSSR count). The Labute approximate surface area is 344 Å². The molecule has 6 aromatic carbocycles. The summed E-state index contributed by atoms with van der Waals surface area (Å²) in [7, 11) is 0. The number of pyridine rings is 4. The molecule has 0 bridgehead atoms. The third-order valence-electron chi connectivity index (χ3n) is 11.2. The van der Waals surface area contributed by atoms with E-state index >= 15 is 26.3 Å². The third kappa shape index (κ3) is 6.42. The van der Waals surface area contributed by atoms with Crippen molar-refractivity contribution >= 4 is 43.6 Å². The summed E-state index contributed by atoms with van der Waals surface area (Å²) in [6.45, 7) is 0. The van der Waals surface area contributed by atoms with Crippen molar-refractivity contribution in [3.8, 4) is 45.0 Å². The summed E-state index contributed by atoms with van der Waals surface area (Å²) in [6.07, 6.45) is -11.6. The van der Waals surface area contributed by atoms with Gasteiger partial charge in [0.25, 0.3) is 0 Å². The maximum atomic E-state index is 15.5. The van der Waals surface area contributed by atoms with Gasteiger partial charge in [0.1, 0.15) is 0 Å². The average molecular weight is 813 g/mol. The second-order valence-electron chi connectivity index (χ2n) is 14.8. The van der Waals surface area contributed by atoms with Crippen molar-refractivity contribution in [3.05, 3.63) is 193 Å². The summed E-state index contributed by atoms with van der Waals surface area (Å²) in [5.74, 6) is 0. The molecule has 4 aromatic heterocycles. The number of fused-ring (bicyclic) bond motifs is 6. The van der Waals surface area contributed by atoms with E-state index in [0.29, 0.717) is 44.4 Å². The molecule has 4 nitrogen and oxygen atoms in total. The van der Waals surface area contributed by atoms with E-state index < -0.39 is 28.9 Å². The highest BCUT2D eigenvalue weighted by Gasteiger charge is 2.72. The third-order valence-corrected chi connectivity index (χ3v) is 11.2. The fourth-order valence-electron chi connectivity index (χ4n) is 8.18. The molecule has 0 N–H and O–H groups in total. The van der Waals surface area contributed by atoms with Gasteiger partial charge < -0.3 is 0 Å². The van der Waals surface area contributed by atoms with Crippen LogP contribution in [0.25, 0.3) is 88.6 Å². The van der Waals surface area contributed by atoms with Crippen molar-refractivity contribution in [2.75, 3.05) is 0 Å². The first-order valence-corrected chi connectivity index (χ1v) is 19.4. The first-order chi connectivity index (χ1) is 29.5. The van der Waals surface area contributed by atoms with E-state index in [0.717, 1.165) is 57.2 Å². The summed E-state index contributed by atoms with van der Waals surface area (Å²) >= 11 is 0. The fourth-order valence-corrected chi connectivity index (χ4v) is 8.18. The Morgan fingerprint density at radius 1 is 0.279 bits per heavy atom. The second kappa shape index (κ2) is 14.4. The summed E-state index contributed by atoms with van der Waals surface area (Å²) in [6, 6.07) is 49.9. The Morgan fingerprint density at radius 2 is 0.607 bits per heavy atom. The van der Waals surface area contributed by atoms with Gasteiger partial charge in [0.2, 0.25) is 5.41 Å². The van der Waals surface area contributed by atoms with E-state index in [1.165, 1.54) is 24.3 Å². The molecule has 0 spiro atoms. The molecule has 0 aliphatic carbocycles. The lowest BCUT2D eigenvalue weighted by atomic mass is 9.72. The van der Waals surface area contributed by atoms with Gasteiger partial charge in [-0.15, -0.1) is 0 Å². The van der Waals surface area contributed by atoms with Crippen molar-refractivity contribution in [2.24, 2.45) is 0 Å². The summed E-state index contributed by atoms with van der Waals surface area (Å²) < 4.78 is 92.9. The highest BCUT2D eigenvalue weighted by atomic mass is 19.4. The lowest BCUT2D eigenvalue weighted by Crippen LogP contribution is -2.54. The van der Waals surface area contributed by atoms with Crippen LogP contribution >= 0.6 is 0 Å². The largest absolute Gasteiger partial charge is 0.411 e. The first kappa shape index (κ1) is 37.8. The molecule has 0 amide bonds. The molecule has 10 heteroatoms. The van der Waals surface area contributed by atoms with Crippen LogP contribution in [0.2, 0.25) is 0 Å². The van der Waals surface area contributed by atoms with E-state index in [1.54, 1.807) is 18.2 Å². The molecule has 0 saturated carbocycles. The molecule has 61 heavy (non-hydrogen) atoms. The number of hydrogen-bond donors (Lipinski definition) is 0. The van der Waals surface area contributed by atoms with Gasteiger partial charge >= 0.3 is 12.4 Å². The van der Waals surface area contributed by atoms with E-state index in [1.807, 2.05) is 115 Å². The zero-order valence-electron chi connectivity index (χ0n) is 31.9. The lowest BCUT2D eigenvalue weighted by molar-refractivity contribution is -0.288. The number of nitrogens with zero attached hydrogens (tertiary/aromatic N) is 4. The number of benzene rings is 6. The number of aromatic nitrogens is 4. The minimum atomic E-state index is -5.79. The van der Waals surface area contributed by atoms with Crippen LogP contribution in [0, 0.1) is 0 Å². The van der Waals surface area contributed by atoms with Crippen LogP contribution in [0.3, 0.4) is 0 Å². The topological polar surface area (TPSA) is 51.6 Å². The Kier molecular flexibility index (Phi) is 8.90. The monoisotopic (exact) mass is 812 g/mol. The van der Waals surface area contributed by atoms with Crippen LogP contribution in [-0.4, -0.2) is 32.3 Å². The predicted molar refractivity (Wildman–Crippen MR) is 229 cm³/mol. The highest BCUT2D eigenvalue weighted by molar-refractivity contribution is 6.05. The van der Waals surface area contributed by atoms with Gasteiger partial charge in [-0.05, 0) is 41.5 Å². The van der Waals surface area contributed by atoms with Crippen LogP contribution in [0.1, 0.15) is 11.1 Å². The number of hydrogen-bond acceptors (Lipinski definition) is 4. The van der Waals surface area contributed by atoms with Crippen LogP contribution in [-0.2, 0) is 5.41 Å². The molecule has 296 valence electrons. The molecular weight excluding hydrogens is 783 g/mol. The molecular formula is C51H30F6N4. The van der Waals surface area contributed by atoms with Gasteiger partial charge in [-0.1, -0.05) is 152 Å². The van der Waals surface area contributed by atoms with E-state index in [9.17, 15) is 0 Å². The molecule has 0 radical (unpaired) electrons. The molecule has 0 aliphatic rings. The van der Waals surface area contributed by atoms with Gasteiger partial charge in [0.15, 0.2) is 0 Å². The maximum Gasteiger partial charge on any atom is 0.411 e. The van der Waals surface area contributed by atoms with Crippen molar-refractivity contribution in [2.45, 2.75) is 17.8 Å².